The van der Waals surface area contributed by atoms with Crippen LogP contribution in [0.5, 0.6) is 0 Å². The van der Waals surface area contributed by atoms with E-state index in [1.54, 1.807) is 12.3 Å². The summed E-state index contributed by atoms with van der Waals surface area (Å²) in [5.74, 6) is -0.664. The number of aliphatic hydroxyl groups is 1. The van der Waals surface area contributed by atoms with Gasteiger partial charge in [0.1, 0.15) is 17.4 Å². The summed E-state index contributed by atoms with van der Waals surface area (Å²) >= 11 is 0. The Labute approximate surface area is 183 Å². The number of nitrogens with zero attached hydrogens (tertiary/aromatic N) is 2. The molecule has 0 radical (unpaired) electrons. The molecule has 2 heterocycles. The Morgan fingerprint density at radius 1 is 1.10 bits per heavy atom. The fourth-order valence-electron chi connectivity index (χ4n) is 4.98. The van der Waals surface area contributed by atoms with Gasteiger partial charge in [-0.15, -0.1) is 0 Å². The molecule has 2 atom stereocenters. The topological polar surface area (TPSA) is 39.9 Å². The molecule has 1 saturated carbocycles. The lowest BCUT2D eigenvalue weighted by molar-refractivity contribution is -0.00762. The van der Waals surface area contributed by atoms with E-state index < -0.39 is 17.2 Å². The average Bonchev–Trinajstić information content (AvgIpc) is 3.21. The molecule has 6 heteroatoms. The summed E-state index contributed by atoms with van der Waals surface area (Å²) in [5.41, 5.74) is -0.572. The Kier molecular flexibility index (Phi) is 6.89. The predicted octanol–water partition coefficient (Wildman–Crippen LogP) is 4.35. The summed E-state index contributed by atoms with van der Waals surface area (Å²) in [6.07, 6.45) is 6.84. The van der Waals surface area contributed by atoms with Crippen LogP contribution in [0, 0.1) is 17.6 Å². The van der Waals surface area contributed by atoms with Crippen LogP contribution in [0.25, 0.3) is 6.08 Å². The van der Waals surface area contributed by atoms with Gasteiger partial charge in [-0.05, 0) is 62.2 Å². The maximum atomic E-state index is 14.6. The highest BCUT2D eigenvalue weighted by Gasteiger charge is 2.43. The van der Waals surface area contributed by atoms with Crippen LogP contribution in [0.3, 0.4) is 0 Å². The van der Waals surface area contributed by atoms with Crippen molar-refractivity contribution in [2.24, 2.45) is 5.92 Å². The minimum absolute atomic E-state index is 0.0411. The van der Waals surface area contributed by atoms with E-state index in [2.05, 4.69) is 16.8 Å². The molecule has 1 aromatic heterocycles. The molecular formula is C25H32F2N2O2. The molecule has 1 N–H and O–H groups in total. The van der Waals surface area contributed by atoms with Gasteiger partial charge in [0, 0.05) is 50.6 Å². The highest BCUT2D eigenvalue weighted by atomic mass is 19.1. The van der Waals surface area contributed by atoms with Crippen molar-refractivity contribution < 1.29 is 18.3 Å². The first-order chi connectivity index (χ1) is 15.0. The van der Waals surface area contributed by atoms with E-state index in [-0.39, 0.29) is 17.9 Å². The highest BCUT2D eigenvalue weighted by Crippen LogP contribution is 2.41. The lowest BCUT2D eigenvalue weighted by Gasteiger charge is -2.42. The number of hydrogen-bond acceptors (Lipinski definition) is 4. The number of hydrogen-bond donors (Lipinski definition) is 1. The second-order valence-electron chi connectivity index (χ2n) is 9.03. The fourth-order valence-corrected chi connectivity index (χ4v) is 4.98. The summed E-state index contributed by atoms with van der Waals surface area (Å²) in [6.45, 7) is 4.57. The Morgan fingerprint density at radius 2 is 1.84 bits per heavy atom. The molecule has 168 valence electrons. The van der Waals surface area contributed by atoms with Gasteiger partial charge in [0.2, 0.25) is 0 Å². The van der Waals surface area contributed by atoms with Gasteiger partial charge in [-0.25, -0.2) is 8.78 Å². The molecule has 1 aliphatic carbocycles. The first-order valence-corrected chi connectivity index (χ1v) is 11.3. The largest absolute Gasteiger partial charge is 0.465 e. The molecule has 4 nitrogen and oxygen atoms in total. The van der Waals surface area contributed by atoms with Crippen LogP contribution in [-0.4, -0.2) is 60.3 Å². The van der Waals surface area contributed by atoms with Crippen LogP contribution in [0.15, 0.2) is 46.6 Å². The Balaban J connectivity index is 1.70. The first kappa shape index (κ1) is 22.2. The molecule has 2 aliphatic rings. The molecule has 2 unspecified atom stereocenters. The van der Waals surface area contributed by atoms with Crippen LogP contribution >= 0.6 is 0 Å². The minimum Gasteiger partial charge on any atom is -0.465 e. The molecule has 1 aromatic carbocycles. The van der Waals surface area contributed by atoms with E-state index >= 15 is 0 Å². The average molecular weight is 431 g/mol. The second kappa shape index (κ2) is 9.63. The highest BCUT2D eigenvalue weighted by molar-refractivity contribution is 5.51. The standard InChI is InChI=1S/C25H32F2N2O2/c1-28-11-13-29(14-12-28)18-20-7-3-2-6-19(16-21-8-5-15-31-21)25(20,30)17-22-23(26)9-4-10-24(22)27/h4-5,8-10,15-16,20,30H,2-3,6-7,11-14,17-18H2,1H3. The van der Waals surface area contributed by atoms with E-state index in [0.29, 0.717) is 12.2 Å². The lowest BCUT2D eigenvalue weighted by Crippen LogP contribution is -2.51. The van der Waals surface area contributed by atoms with Gasteiger partial charge in [-0.3, -0.25) is 0 Å². The smallest absolute Gasteiger partial charge is 0.129 e. The van der Waals surface area contributed by atoms with Gasteiger partial charge >= 0.3 is 0 Å². The minimum atomic E-state index is -1.34. The van der Waals surface area contributed by atoms with Gasteiger partial charge in [-0.1, -0.05) is 12.5 Å². The predicted molar refractivity (Wildman–Crippen MR) is 118 cm³/mol. The van der Waals surface area contributed by atoms with E-state index in [0.717, 1.165) is 57.6 Å². The molecular weight excluding hydrogens is 398 g/mol. The van der Waals surface area contributed by atoms with E-state index in [1.807, 2.05) is 12.1 Å². The number of piperazine rings is 1. The van der Waals surface area contributed by atoms with E-state index in [1.165, 1.54) is 18.2 Å². The zero-order valence-corrected chi connectivity index (χ0v) is 18.2. The number of likely N-dealkylation sites (N-methyl/N-ethyl adjacent to an activating group) is 1. The molecule has 1 saturated heterocycles. The van der Waals surface area contributed by atoms with Crippen molar-refractivity contribution in [3.05, 3.63) is 65.1 Å². The van der Waals surface area contributed by atoms with Crippen LogP contribution in [-0.2, 0) is 6.42 Å². The number of benzene rings is 1. The van der Waals surface area contributed by atoms with Gasteiger partial charge in [0.05, 0.1) is 11.9 Å². The monoisotopic (exact) mass is 430 g/mol. The second-order valence-corrected chi connectivity index (χ2v) is 9.03. The Bertz CT molecular complexity index is 871. The van der Waals surface area contributed by atoms with Crippen LogP contribution in [0.1, 0.15) is 37.0 Å². The first-order valence-electron chi connectivity index (χ1n) is 11.3. The van der Waals surface area contributed by atoms with Crippen LogP contribution in [0.2, 0.25) is 0 Å². The van der Waals surface area contributed by atoms with Gasteiger partial charge in [0.15, 0.2) is 0 Å². The lowest BCUT2D eigenvalue weighted by atomic mass is 9.74. The number of rotatable bonds is 5. The SMILES string of the molecule is CN1CCN(CC2CCCCC(=Cc3ccco3)C2(O)Cc2c(F)cccc2F)CC1. The van der Waals surface area contributed by atoms with E-state index in [4.69, 9.17) is 4.42 Å². The third-order valence-corrected chi connectivity index (χ3v) is 6.92. The maximum Gasteiger partial charge on any atom is 0.129 e. The molecule has 0 bridgehead atoms. The van der Waals surface area contributed by atoms with Crippen molar-refractivity contribution >= 4 is 6.08 Å². The summed E-state index contributed by atoms with van der Waals surface area (Å²) in [7, 11) is 2.12. The summed E-state index contributed by atoms with van der Waals surface area (Å²) < 4.78 is 34.7. The summed E-state index contributed by atoms with van der Waals surface area (Å²) in [6, 6.07) is 7.55. The molecule has 4 rings (SSSR count). The molecule has 31 heavy (non-hydrogen) atoms. The van der Waals surface area contributed by atoms with Crippen molar-refractivity contribution in [1.82, 2.24) is 9.80 Å². The van der Waals surface area contributed by atoms with Gasteiger partial charge < -0.3 is 19.3 Å². The fraction of sp³-hybridized carbons (Fsp3) is 0.520. The van der Waals surface area contributed by atoms with Crippen LogP contribution < -0.4 is 0 Å². The van der Waals surface area contributed by atoms with E-state index in [9.17, 15) is 13.9 Å². The van der Waals surface area contributed by atoms with Gasteiger partial charge in [-0.2, -0.15) is 0 Å². The Hall–Kier alpha value is -2.02. The number of halogens is 2. The quantitative estimate of drug-likeness (QED) is 0.716. The van der Waals surface area contributed by atoms with Gasteiger partial charge in [0.25, 0.3) is 0 Å². The van der Waals surface area contributed by atoms with Crippen LogP contribution in [0.4, 0.5) is 8.78 Å². The van der Waals surface area contributed by atoms with Crippen molar-refractivity contribution in [3.8, 4) is 0 Å². The molecule has 0 amide bonds. The third-order valence-electron chi connectivity index (χ3n) is 6.92. The normalized spacial score (nSPS) is 27.5. The summed E-state index contributed by atoms with van der Waals surface area (Å²) in [4.78, 5) is 4.68. The van der Waals surface area contributed by atoms with Crippen molar-refractivity contribution in [2.45, 2.75) is 37.7 Å². The van der Waals surface area contributed by atoms with Crippen molar-refractivity contribution in [2.75, 3.05) is 39.8 Å². The van der Waals surface area contributed by atoms with Crippen molar-refractivity contribution in [3.63, 3.8) is 0 Å². The van der Waals surface area contributed by atoms with Crippen molar-refractivity contribution in [1.29, 1.82) is 0 Å². The Morgan fingerprint density at radius 3 is 2.52 bits per heavy atom. The molecule has 1 aliphatic heterocycles. The molecule has 2 aromatic rings. The zero-order valence-electron chi connectivity index (χ0n) is 18.2. The molecule has 0 spiro atoms. The maximum absolute atomic E-state index is 14.6. The zero-order chi connectivity index (χ0) is 21.8. The summed E-state index contributed by atoms with van der Waals surface area (Å²) in [5, 5.41) is 12.2. The molecule has 2 fully saturated rings. The third kappa shape index (κ3) is 5.08. The number of furan rings is 1.